The predicted octanol–water partition coefficient (Wildman–Crippen LogP) is 0.441. The van der Waals surface area contributed by atoms with Crippen LogP contribution in [0.2, 0.25) is 0 Å². The molecule has 90 valence electrons. The molecular formula is C9H14N2O4S. The molecule has 0 aliphatic heterocycles. The highest BCUT2D eigenvalue weighted by Crippen LogP contribution is 2.11. The number of carboxylic acids is 1. The molecule has 0 spiro atoms. The molecule has 0 aliphatic rings. The van der Waals surface area contributed by atoms with Crippen LogP contribution < -0.4 is 0 Å². The number of aromatic carboxylic acids is 1. The molecule has 0 aliphatic carbocycles. The molecular weight excluding hydrogens is 232 g/mol. The summed E-state index contributed by atoms with van der Waals surface area (Å²) in [6, 6.07) is 0. The Morgan fingerprint density at radius 1 is 1.56 bits per heavy atom. The van der Waals surface area contributed by atoms with E-state index in [0.29, 0.717) is 5.69 Å². The first-order valence-corrected chi connectivity index (χ1v) is 6.42. The van der Waals surface area contributed by atoms with Crippen LogP contribution >= 0.6 is 0 Å². The normalized spacial score (nSPS) is 12.0. The molecule has 0 bridgehead atoms. The first kappa shape index (κ1) is 12.7. The zero-order chi connectivity index (χ0) is 12.5. The lowest BCUT2D eigenvalue weighted by molar-refractivity contribution is 0.0679. The predicted molar refractivity (Wildman–Crippen MR) is 57.9 cm³/mol. The molecule has 16 heavy (non-hydrogen) atoms. The van der Waals surface area contributed by atoms with Crippen LogP contribution in [0.1, 0.15) is 30.2 Å². The standard InChI is InChI=1S/C9H14N2O4S/c1-6(2)16(14,15)5-7-4-10-8(9(12)13)11(7)3/h4,6H,5H2,1-3H3,(H,12,13). The molecule has 0 fully saturated rings. The lowest BCUT2D eigenvalue weighted by Crippen LogP contribution is -2.18. The molecule has 0 saturated heterocycles. The van der Waals surface area contributed by atoms with Crippen LogP contribution in [0.15, 0.2) is 6.20 Å². The highest BCUT2D eigenvalue weighted by Gasteiger charge is 2.21. The summed E-state index contributed by atoms with van der Waals surface area (Å²) in [5, 5.41) is 8.26. The van der Waals surface area contributed by atoms with Crippen LogP contribution in [0.3, 0.4) is 0 Å². The van der Waals surface area contributed by atoms with Crippen LogP contribution in [0.4, 0.5) is 0 Å². The van der Waals surface area contributed by atoms with Gasteiger partial charge in [-0.3, -0.25) is 0 Å². The van der Waals surface area contributed by atoms with Gasteiger partial charge in [0.25, 0.3) is 0 Å². The summed E-state index contributed by atoms with van der Waals surface area (Å²) in [5.74, 6) is -1.52. The number of aromatic nitrogens is 2. The number of rotatable bonds is 4. The molecule has 7 heteroatoms. The van der Waals surface area contributed by atoms with Crippen LogP contribution in [0.25, 0.3) is 0 Å². The Balaban J connectivity index is 3.05. The Morgan fingerprint density at radius 3 is 2.50 bits per heavy atom. The molecule has 0 unspecified atom stereocenters. The summed E-state index contributed by atoms with van der Waals surface area (Å²) in [5.41, 5.74) is 0.381. The monoisotopic (exact) mass is 246 g/mol. The maximum Gasteiger partial charge on any atom is 0.372 e. The molecule has 0 atom stereocenters. The van der Waals surface area contributed by atoms with E-state index in [0.717, 1.165) is 0 Å². The second kappa shape index (κ2) is 4.25. The minimum absolute atomic E-state index is 0.158. The quantitative estimate of drug-likeness (QED) is 0.832. The molecule has 1 heterocycles. The van der Waals surface area contributed by atoms with Gasteiger partial charge in [0.15, 0.2) is 9.84 Å². The van der Waals surface area contributed by atoms with Crippen LogP contribution in [-0.2, 0) is 22.6 Å². The SMILES string of the molecule is CC(C)S(=O)(=O)Cc1cnc(C(=O)O)n1C. The highest BCUT2D eigenvalue weighted by atomic mass is 32.2. The number of hydrogen-bond donors (Lipinski definition) is 1. The lowest BCUT2D eigenvalue weighted by Gasteiger charge is -2.08. The molecule has 1 N–H and O–H groups in total. The van der Waals surface area contributed by atoms with E-state index >= 15 is 0 Å². The average Bonchev–Trinajstić information content (AvgIpc) is 2.47. The molecule has 0 aromatic carbocycles. The van der Waals surface area contributed by atoms with Gasteiger partial charge in [-0.15, -0.1) is 0 Å². The van der Waals surface area contributed by atoms with E-state index in [1.165, 1.54) is 17.8 Å². The Bertz CT molecular complexity index is 502. The van der Waals surface area contributed by atoms with Gasteiger partial charge in [-0.25, -0.2) is 18.2 Å². The molecule has 1 aromatic heterocycles. The summed E-state index contributed by atoms with van der Waals surface area (Å²) in [4.78, 5) is 14.4. The second-order valence-corrected chi connectivity index (χ2v) is 6.35. The molecule has 1 rings (SSSR count). The van der Waals surface area contributed by atoms with Gasteiger partial charge in [0.05, 0.1) is 22.9 Å². The summed E-state index contributed by atoms with van der Waals surface area (Å²) in [6.45, 7) is 3.17. The summed E-state index contributed by atoms with van der Waals surface area (Å²) in [6.07, 6.45) is 1.28. The molecule has 0 radical (unpaired) electrons. The van der Waals surface area contributed by atoms with Gasteiger partial charge in [0, 0.05) is 7.05 Å². The van der Waals surface area contributed by atoms with Gasteiger partial charge >= 0.3 is 5.97 Å². The lowest BCUT2D eigenvalue weighted by atomic mass is 10.5. The fraction of sp³-hybridized carbons (Fsp3) is 0.556. The van der Waals surface area contributed by atoms with Gasteiger partial charge in [-0.1, -0.05) is 0 Å². The third-order valence-electron chi connectivity index (χ3n) is 2.34. The minimum atomic E-state index is -3.24. The van der Waals surface area contributed by atoms with Gasteiger partial charge < -0.3 is 9.67 Å². The van der Waals surface area contributed by atoms with Crippen LogP contribution in [-0.4, -0.2) is 34.3 Å². The van der Waals surface area contributed by atoms with Crippen molar-refractivity contribution in [2.45, 2.75) is 24.9 Å². The van der Waals surface area contributed by atoms with E-state index in [9.17, 15) is 13.2 Å². The fourth-order valence-corrected chi connectivity index (χ4v) is 2.16. The Labute approximate surface area is 93.8 Å². The largest absolute Gasteiger partial charge is 0.475 e. The third kappa shape index (κ3) is 2.41. The van der Waals surface area contributed by atoms with Crippen LogP contribution in [0, 0.1) is 0 Å². The maximum absolute atomic E-state index is 11.6. The topological polar surface area (TPSA) is 89.3 Å². The average molecular weight is 246 g/mol. The van der Waals surface area contributed by atoms with Crippen molar-refractivity contribution in [1.29, 1.82) is 0 Å². The number of nitrogens with zero attached hydrogens (tertiary/aromatic N) is 2. The molecule has 6 nitrogen and oxygen atoms in total. The first-order valence-electron chi connectivity index (χ1n) is 4.71. The number of carbonyl (C=O) groups is 1. The van der Waals surface area contributed by atoms with E-state index in [1.54, 1.807) is 13.8 Å². The van der Waals surface area contributed by atoms with Gasteiger partial charge in [0.2, 0.25) is 5.82 Å². The van der Waals surface area contributed by atoms with Crippen molar-refractivity contribution in [3.8, 4) is 0 Å². The molecule has 0 saturated carbocycles. The minimum Gasteiger partial charge on any atom is -0.475 e. The van der Waals surface area contributed by atoms with Crippen molar-refractivity contribution >= 4 is 15.8 Å². The van der Waals surface area contributed by atoms with Crippen molar-refractivity contribution in [3.63, 3.8) is 0 Å². The zero-order valence-electron chi connectivity index (χ0n) is 9.34. The highest BCUT2D eigenvalue weighted by molar-refractivity contribution is 7.91. The van der Waals surface area contributed by atoms with Crippen molar-refractivity contribution in [1.82, 2.24) is 9.55 Å². The van der Waals surface area contributed by atoms with Gasteiger partial charge in [-0.05, 0) is 13.8 Å². The Kier molecular flexibility index (Phi) is 3.37. The Morgan fingerprint density at radius 2 is 2.12 bits per heavy atom. The van der Waals surface area contributed by atoms with Gasteiger partial charge in [-0.2, -0.15) is 0 Å². The second-order valence-electron chi connectivity index (χ2n) is 3.79. The first-order chi connectivity index (χ1) is 7.25. The molecule has 1 aromatic rings. The zero-order valence-corrected chi connectivity index (χ0v) is 10.2. The number of sulfone groups is 1. The van der Waals surface area contributed by atoms with Crippen molar-refractivity contribution in [2.24, 2.45) is 7.05 Å². The van der Waals surface area contributed by atoms with E-state index in [1.807, 2.05) is 0 Å². The van der Waals surface area contributed by atoms with Crippen molar-refractivity contribution in [2.75, 3.05) is 0 Å². The van der Waals surface area contributed by atoms with Crippen molar-refractivity contribution < 1.29 is 18.3 Å². The van der Waals surface area contributed by atoms with E-state index in [4.69, 9.17) is 5.11 Å². The number of hydrogen-bond acceptors (Lipinski definition) is 4. The fourth-order valence-electron chi connectivity index (χ4n) is 1.15. The summed E-state index contributed by atoms with van der Waals surface area (Å²) >= 11 is 0. The smallest absolute Gasteiger partial charge is 0.372 e. The van der Waals surface area contributed by atoms with Crippen LogP contribution in [0.5, 0.6) is 0 Å². The summed E-state index contributed by atoms with van der Waals surface area (Å²) in [7, 11) is -1.75. The van der Waals surface area contributed by atoms with E-state index in [-0.39, 0.29) is 11.6 Å². The van der Waals surface area contributed by atoms with Gasteiger partial charge in [0.1, 0.15) is 0 Å². The maximum atomic E-state index is 11.6. The number of imidazole rings is 1. The molecule has 0 amide bonds. The number of carboxylic acid groups (broad SMARTS) is 1. The summed E-state index contributed by atoms with van der Waals surface area (Å²) < 4.78 is 24.6. The van der Waals surface area contributed by atoms with Crippen molar-refractivity contribution in [3.05, 3.63) is 17.7 Å². The third-order valence-corrected chi connectivity index (χ3v) is 4.48. The Hall–Kier alpha value is -1.37. The van der Waals surface area contributed by atoms with E-state index in [2.05, 4.69) is 4.98 Å². The van der Waals surface area contributed by atoms with E-state index < -0.39 is 21.1 Å².